The van der Waals surface area contributed by atoms with Crippen molar-refractivity contribution >= 4 is 46.0 Å². The van der Waals surface area contributed by atoms with Crippen molar-refractivity contribution in [3.8, 4) is 0 Å². The minimum atomic E-state index is -1.19. The van der Waals surface area contributed by atoms with Crippen LogP contribution in [0, 0.1) is 0 Å². The average molecular weight is 362 g/mol. The highest BCUT2D eigenvalue weighted by Gasteiger charge is 2.33. The van der Waals surface area contributed by atoms with Crippen molar-refractivity contribution in [1.82, 2.24) is 5.32 Å². The van der Waals surface area contributed by atoms with E-state index in [4.69, 9.17) is 0 Å². The van der Waals surface area contributed by atoms with Gasteiger partial charge < -0.3 is 10.4 Å². The van der Waals surface area contributed by atoms with Crippen molar-refractivity contribution in [2.45, 2.75) is 5.60 Å². The van der Waals surface area contributed by atoms with Gasteiger partial charge in [-0.15, -0.1) is 11.3 Å². The van der Waals surface area contributed by atoms with Crippen molar-refractivity contribution < 1.29 is 9.90 Å². The summed E-state index contributed by atoms with van der Waals surface area (Å²) in [5, 5.41) is 23.6. The Labute approximate surface area is 146 Å². The Kier molecular flexibility index (Phi) is 5.07. The van der Waals surface area contributed by atoms with Crippen LogP contribution in [-0.4, -0.2) is 17.6 Å². The molecule has 3 nitrogen and oxygen atoms in total. The Morgan fingerprint density at radius 1 is 1.17 bits per heavy atom. The zero-order chi connectivity index (χ0) is 16.1. The van der Waals surface area contributed by atoms with Crippen LogP contribution in [0.2, 0.25) is 0 Å². The summed E-state index contributed by atoms with van der Waals surface area (Å²) in [7, 11) is 0. The third-order valence-electron chi connectivity index (χ3n) is 3.42. The molecule has 0 saturated heterocycles. The van der Waals surface area contributed by atoms with E-state index < -0.39 is 5.60 Å². The summed E-state index contributed by atoms with van der Waals surface area (Å²) in [6.45, 7) is 0.136. The molecule has 118 valence electrons. The number of carbonyl (C=O) groups is 1. The first-order valence-corrected chi connectivity index (χ1v) is 9.72. The Hall–Kier alpha value is -1.73. The number of hydrogen-bond acceptors (Lipinski definition) is 5. The first-order valence-electron chi connectivity index (χ1n) is 6.95. The molecule has 3 aromatic heterocycles. The molecule has 3 rings (SSSR count). The SMILES string of the molecule is O=C(/C=C/c1ccsc1)NCC(O)(c1ccsc1)c1cccs1. The predicted octanol–water partition coefficient (Wildman–Crippen LogP) is 3.94. The van der Waals surface area contributed by atoms with Gasteiger partial charge in [0, 0.05) is 16.5 Å². The third-order valence-corrected chi connectivity index (χ3v) is 5.82. The van der Waals surface area contributed by atoms with Crippen LogP contribution < -0.4 is 5.32 Å². The quantitative estimate of drug-likeness (QED) is 0.654. The smallest absolute Gasteiger partial charge is 0.244 e. The maximum absolute atomic E-state index is 12.0. The molecule has 0 aliphatic heterocycles. The van der Waals surface area contributed by atoms with Gasteiger partial charge in [-0.25, -0.2) is 0 Å². The summed E-state index contributed by atoms with van der Waals surface area (Å²) in [5.41, 5.74) is 0.601. The lowest BCUT2D eigenvalue weighted by molar-refractivity contribution is -0.117. The van der Waals surface area contributed by atoms with E-state index >= 15 is 0 Å². The van der Waals surface area contributed by atoms with Gasteiger partial charge in [-0.2, -0.15) is 22.7 Å². The van der Waals surface area contributed by atoms with E-state index in [1.165, 1.54) is 28.7 Å². The van der Waals surface area contributed by atoms with Crippen molar-refractivity contribution in [2.24, 2.45) is 0 Å². The van der Waals surface area contributed by atoms with Crippen LogP contribution >= 0.6 is 34.0 Å². The molecule has 1 atom stereocenters. The van der Waals surface area contributed by atoms with Gasteiger partial charge >= 0.3 is 0 Å². The zero-order valence-electron chi connectivity index (χ0n) is 12.1. The molecule has 0 spiro atoms. The van der Waals surface area contributed by atoms with Crippen LogP contribution in [0.25, 0.3) is 6.08 Å². The highest BCUT2D eigenvalue weighted by molar-refractivity contribution is 7.10. The molecular formula is C17H15NO2S3. The molecule has 0 aromatic carbocycles. The fourth-order valence-corrected chi connectivity index (χ4v) is 4.36. The minimum Gasteiger partial charge on any atom is -0.378 e. The van der Waals surface area contributed by atoms with Gasteiger partial charge in [0.25, 0.3) is 0 Å². The van der Waals surface area contributed by atoms with Crippen molar-refractivity contribution in [3.63, 3.8) is 0 Å². The summed E-state index contributed by atoms with van der Waals surface area (Å²) in [6, 6.07) is 7.62. The summed E-state index contributed by atoms with van der Waals surface area (Å²) in [5.74, 6) is -0.221. The summed E-state index contributed by atoms with van der Waals surface area (Å²) < 4.78 is 0. The fraction of sp³-hybridized carbons (Fsp3) is 0.118. The van der Waals surface area contributed by atoms with E-state index in [1.807, 2.05) is 51.2 Å². The van der Waals surface area contributed by atoms with Crippen LogP contribution in [0.3, 0.4) is 0 Å². The maximum Gasteiger partial charge on any atom is 0.244 e. The highest BCUT2D eigenvalue weighted by atomic mass is 32.1. The molecule has 3 aromatic rings. The number of hydrogen-bond donors (Lipinski definition) is 2. The Morgan fingerprint density at radius 3 is 2.65 bits per heavy atom. The number of aliphatic hydroxyl groups is 1. The third kappa shape index (κ3) is 3.79. The molecule has 3 heterocycles. The van der Waals surface area contributed by atoms with Crippen molar-refractivity contribution in [3.05, 3.63) is 73.2 Å². The molecule has 6 heteroatoms. The second kappa shape index (κ2) is 7.23. The summed E-state index contributed by atoms with van der Waals surface area (Å²) in [6.07, 6.45) is 3.26. The van der Waals surface area contributed by atoms with Crippen LogP contribution in [0.5, 0.6) is 0 Å². The van der Waals surface area contributed by atoms with Gasteiger partial charge in [-0.05, 0) is 56.7 Å². The van der Waals surface area contributed by atoms with E-state index in [-0.39, 0.29) is 12.5 Å². The normalized spacial score (nSPS) is 14.0. The lowest BCUT2D eigenvalue weighted by Gasteiger charge is -2.26. The molecule has 2 N–H and O–H groups in total. The van der Waals surface area contributed by atoms with E-state index in [1.54, 1.807) is 17.4 Å². The maximum atomic E-state index is 12.0. The molecule has 0 fully saturated rings. The summed E-state index contributed by atoms with van der Waals surface area (Å²) >= 11 is 4.59. The topological polar surface area (TPSA) is 49.3 Å². The standard InChI is InChI=1S/C17H15NO2S3/c19-16(4-3-13-5-8-21-10-13)18-12-17(20,14-6-9-22-11-14)15-2-1-7-23-15/h1-11,20H,12H2,(H,18,19)/b4-3+. The van der Waals surface area contributed by atoms with Gasteiger partial charge in [-0.1, -0.05) is 6.07 Å². The van der Waals surface area contributed by atoms with Crippen LogP contribution in [0.1, 0.15) is 16.0 Å². The average Bonchev–Trinajstić information content (AvgIpc) is 3.33. The molecule has 0 radical (unpaired) electrons. The van der Waals surface area contributed by atoms with Crippen molar-refractivity contribution in [2.75, 3.05) is 6.54 Å². The number of carbonyl (C=O) groups excluding carboxylic acids is 1. The van der Waals surface area contributed by atoms with Gasteiger partial charge in [0.2, 0.25) is 5.91 Å². The second-order valence-electron chi connectivity index (χ2n) is 4.96. The molecule has 1 unspecified atom stereocenters. The molecular weight excluding hydrogens is 346 g/mol. The largest absolute Gasteiger partial charge is 0.378 e. The van der Waals surface area contributed by atoms with Crippen LogP contribution in [-0.2, 0) is 10.4 Å². The van der Waals surface area contributed by atoms with Crippen LogP contribution in [0.4, 0.5) is 0 Å². The monoisotopic (exact) mass is 361 g/mol. The Morgan fingerprint density at radius 2 is 2.00 bits per heavy atom. The predicted molar refractivity (Wildman–Crippen MR) is 98.0 cm³/mol. The first kappa shape index (κ1) is 16.1. The number of amides is 1. The molecule has 0 aliphatic rings. The minimum absolute atomic E-state index is 0.136. The van der Waals surface area contributed by atoms with E-state index in [0.29, 0.717) is 0 Å². The number of thiophene rings is 3. The van der Waals surface area contributed by atoms with E-state index in [0.717, 1.165) is 16.0 Å². The second-order valence-corrected chi connectivity index (χ2v) is 7.47. The number of nitrogens with one attached hydrogen (secondary N) is 1. The lowest BCUT2D eigenvalue weighted by Crippen LogP contribution is -2.40. The zero-order valence-corrected chi connectivity index (χ0v) is 14.6. The molecule has 0 saturated carbocycles. The Bertz CT molecular complexity index is 725. The van der Waals surface area contributed by atoms with Crippen molar-refractivity contribution in [1.29, 1.82) is 0 Å². The Balaban J connectivity index is 1.71. The molecule has 0 bridgehead atoms. The fourth-order valence-electron chi connectivity index (χ4n) is 2.16. The van der Waals surface area contributed by atoms with Gasteiger partial charge in [-0.3, -0.25) is 4.79 Å². The van der Waals surface area contributed by atoms with Gasteiger partial charge in [0.05, 0.1) is 6.54 Å². The van der Waals surface area contributed by atoms with Crippen LogP contribution in [0.15, 0.2) is 57.2 Å². The molecule has 23 heavy (non-hydrogen) atoms. The van der Waals surface area contributed by atoms with Gasteiger partial charge in [0.1, 0.15) is 5.60 Å². The van der Waals surface area contributed by atoms with Gasteiger partial charge in [0.15, 0.2) is 0 Å². The molecule has 0 aliphatic carbocycles. The first-order chi connectivity index (χ1) is 11.2. The lowest BCUT2D eigenvalue weighted by atomic mass is 9.94. The number of rotatable bonds is 6. The molecule has 1 amide bonds. The highest BCUT2D eigenvalue weighted by Crippen LogP contribution is 2.33. The van der Waals surface area contributed by atoms with E-state index in [2.05, 4.69) is 5.32 Å². The summed E-state index contributed by atoms with van der Waals surface area (Å²) in [4.78, 5) is 12.8. The van der Waals surface area contributed by atoms with E-state index in [9.17, 15) is 9.90 Å².